The summed E-state index contributed by atoms with van der Waals surface area (Å²) in [6.07, 6.45) is 3.71. The number of aromatic nitrogens is 5. The molecule has 0 saturated heterocycles. The minimum atomic E-state index is 0.826. The lowest BCUT2D eigenvalue weighted by Gasteiger charge is -2.15. The van der Waals surface area contributed by atoms with Crippen molar-refractivity contribution in [2.75, 3.05) is 0 Å². The van der Waals surface area contributed by atoms with Crippen LogP contribution in [-0.2, 0) is 0 Å². The molecule has 0 atom stereocenters. The zero-order chi connectivity index (χ0) is 33.0. The molecule has 50 heavy (non-hydrogen) atoms. The average molecular weight is 640 g/mol. The fourth-order valence-corrected chi connectivity index (χ4v) is 7.43. The highest BCUT2D eigenvalue weighted by Gasteiger charge is 2.20. The second kappa shape index (κ2) is 11.4. The first kappa shape index (κ1) is 28.2. The molecule has 0 radical (unpaired) electrons. The van der Waals surface area contributed by atoms with E-state index in [1.807, 2.05) is 42.7 Å². The predicted molar refractivity (Wildman–Crippen MR) is 205 cm³/mol. The van der Waals surface area contributed by atoms with E-state index in [1.165, 1.54) is 10.8 Å². The van der Waals surface area contributed by atoms with Crippen LogP contribution in [0.25, 0.3) is 88.9 Å². The Bertz CT molecular complexity index is 2800. The molecular weight excluding hydrogens is 611 g/mol. The van der Waals surface area contributed by atoms with Crippen LogP contribution >= 0.6 is 0 Å². The Balaban J connectivity index is 1.27. The lowest BCUT2D eigenvalue weighted by Crippen LogP contribution is -2.00. The van der Waals surface area contributed by atoms with Crippen molar-refractivity contribution in [2.45, 2.75) is 0 Å². The van der Waals surface area contributed by atoms with Crippen molar-refractivity contribution >= 4 is 43.7 Å². The first-order valence-corrected chi connectivity index (χ1v) is 16.8. The second-order valence-electron chi connectivity index (χ2n) is 12.5. The van der Waals surface area contributed by atoms with Crippen LogP contribution in [0.4, 0.5) is 0 Å². The molecule has 0 spiro atoms. The zero-order valence-corrected chi connectivity index (χ0v) is 27.0. The number of rotatable bonds is 5. The van der Waals surface area contributed by atoms with Crippen molar-refractivity contribution < 1.29 is 0 Å². The van der Waals surface area contributed by atoms with Crippen LogP contribution in [0.2, 0.25) is 0 Å². The fraction of sp³-hybridized carbons (Fsp3) is 0. The quantitative estimate of drug-likeness (QED) is 0.188. The molecule has 5 heterocycles. The Morgan fingerprint density at radius 3 is 1.96 bits per heavy atom. The highest BCUT2D eigenvalue weighted by atomic mass is 15.0. The maximum Gasteiger partial charge on any atom is 0.0963 e. The van der Waals surface area contributed by atoms with Crippen molar-refractivity contribution in [1.82, 2.24) is 24.1 Å². The SMILES string of the molecule is c1ccc(-c2cc(-n3c4ccccc4c4cccc(-c5ccc6c(c5)c5ncccc5n6-c5ccccc5)c43)cc(-c3ccccn3)n2)cc1. The number of fused-ring (bicyclic) bond motifs is 6. The Hall–Kier alpha value is -6.85. The predicted octanol–water partition coefficient (Wildman–Crippen LogP) is 11.1. The minimum Gasteiger partial charge on any atom is -0.308 e. The van der Waals surface area contributed by atoms with Crippen LogP contribution in [0.3, 0.4) is 0 Å². The Morgan fingerprint density at radius 1 is 0.380 bits per heavy atom. The maximum absolute atomic E-state index is 5.13. The van der Waals surface area contributed by atoms with Gasteiger partial charge in [-0.3, -0.25) is 9.97 Å². The van der Waals surface area contributed by atoms with E-state index in [1.54, 1.807) is 0 Å². The molecule has 0 saturated carbocycles. The summed E-state index contributed by atoms with van der Waals surface area (Å²) in [6.45, 7) is 0. The molecule has 0 bridgehead atoms. The van der Waals surface area contributed by atoms with Crippen LogP contribution in [0, 0.1) is 0 Å². The lowest BCUT2D eigenvalue weighted by molar-refractivity contribution is 1.15. The van der Waals surface area contributed by atoms with Gasteiger partial charge in [0.15, 0.2) is 0 Å². The third-order valence-corrected chi connectivity index (χ3v) is 9.61. The number of para-hydroxylation sites is 3. The van der Waals surface area contributed by atoms with Gasteiger partial charge in [0.25, 0.3) is 0 Å². The van der Waals surface area contributed by atoms with Crippen molar-refractivity contribution in [3.8, 4) is 45.1 Å². The van der Waals surface area contributed by atoms with Gasteiger partial charge in [0.05, 0.1) is 50.4 Å². The monoisotopic (exact) mass is 639 g/mol. The summed E-state index contributed by atoms with van der Waals surface area (Å²) >= 11 is 0. The largest absolute Gasteiger partial charge is 0.308 e. The van der Waals surface area contributed by atoms with Gasteiger partial charge in [-0.25, -0.2) is 4.98 Å². The van der Waals surface area contributed by atoms with Gasteiger partial charge in [-0.1, -0.05) is 97.1 Å². The number of hydrogen-bond acceptors (Lipinski definition) is 3. The van der Waals surface area contributed by atoms with E-state index >= 15 is 0 Å². The second-order valence-corrected chi connectivity index (χ2v) is 12.5. The van der Waals surface area contributed by atoms with Gasteiger partial charge in [-0.15, -0.1) is 0 Å². The molecule has 0 aliphatic heterocycles. The highest BCUT2D eigenvalue weighted by Crippen LogP contribution is 2.41. The average Bonchev–Trinajstić information content (AvgIpc) is 3.71. The van der Waals surface area contributed by atoms with Gasteiger partial charge in [-0.2, -0.15) is 0 Å². The number of benzene rings is 5. The summed E-state index contributed by atoms with van der Waals surface area (Å²) in [7, 11) is 0. The lowest BCUT2D eigenvalue weighted by atomic mass is 10.00. The van der Waals surface area contributed by atoms with Crippen molar-refractivity contribution in [1.29, 1.82) is 0 Å². The first-order valence-electron chi connectivity index (χ1n) is 16.8. The van der Waals surface area contributed by atoms with Gasteiger partial charge in [-0.05, 0) is 72.3 Å². The van der Waals surface area contributed by atoms with Gasteiger partial charge in [0.2, 0.25) is 0 Å². The summed E-state index contributed by atoms with van der Waals surface area (Å²) < 4.78 is 4.70. The van der Waals surface area contributed by atoms with Gasteiger partial charge >= 0.3 is 0 Å². The standard InChI is InChI=1S/C45H29N5/c1-3-13-30(14-4-1)39-28-33(29-40(48-39)38-20-9-10-25-46-38)50-41-21-8-7-17-35(41)36-19-11-18-34(45(36)50)31-23-24-42-37(27-31)44-43(22-12-26-47-44)49(42)32-15-5-2-6-16-32/h1-29H. The van der Waals surface area contributed by atoms with E-state index in [2.05, 4.69) is 143 Å². The molecule has 0 aliphatic rings. The van der Waals surface area contributed by atoms with E-state index in [0.29, 0.717) is 0 Å². The van der Waals surface area contributed by atoms with Crippen LogP contribution in [0.1, 0.15) is 0 Å². The van der Waals surface area contributed by atoms with Crippen LogP contribution in [0.5, 0.6) is 0 Å². The molecule has 0 fully saturated rings. The first-order chi connectivity index (χ1) is 24.8. The number of hydrogen-bond donors (Lipinski definition) is 0. The summed E-state index contributed by atoms with van der Waals surface area (Å²) in [5.41, 5.74) is 13.5. The molecule has 5 heteroatoms. The summed E-state index contributed by atoms with van der Waals surface area (Å²) in [4.78, 5) is 14.7. The highest BCUT2D eigenvalue weighted by molar-refractivity contribution is 6.15. The molecule has 5 aromatic heterocycles. The van der Waals surface area contributed by atoms with Gasteiger partial charge in [0.1, 0.15) is 0 Å². The molecule has 5 aromatic carbocycles. The summed E-state index contributed by atoms with van der Waals surface area (Å²) in [5, 5.41) is 3.51. The number of nitrogens with zero attached hydrogens (tertiary/aromatic N) is 5. The van der Waals surface area contributed by atoms with Crippen molar-refractivity contribution in [2.24, 2.45) is 0 Å². The molecule has 0 amide bonds. The Morgan fingerprint density at radius 2 is 1.10 bits per heavy atom. The zero-order valence-electron chi connectivity index (χ0n) is 27.0. The molecule has 5 nitrogen and oxygen atoms in total. The van der Waals surface area contributed by atoms with Crippen molar-refractivity contribution in [3.63, 3.8) is 0 Å². The molecule has 0 N–H and O–H groups in total. The fourth-order valence-electron chi connectivity index (χ4n) is 7.43. The van der Waals surface area contributed by atoms with Gasteiger partial charge < -0.3 is 9.13 Å². The molecule has 0 unspecified atom stereocenters. The van der Waals surface area contributed by atoms with Crippen LogP contribution < -0.4 is 0 Å². The van der Waals surface area contributed by atoms with E-state index in [9.17, 15) is 0 Å². The smallest absolute Gasteiger partial charge is 0.0963 e. The van der Waals surface area contributed by atoms with E-state index in [4.69, 9.17) is 15.0 Å². The Kier molecular flexibility index (Phi) is 6.42. The third-order valence-electron chi connectivity index (χ3n) is 9.61. The van der Waals surface area contributed by atoms with E-state index in [0.717, 1.165) is 78.1 Å². The normalized spacial score (nSPS) is 11.6. The van der Waals surface area contributed by atoms with E-state index < -0.39 is 0 Å². The maximum atomic E-state index is 5.13. The summed E-state index contributed by atoms with van der Waals surface area (Å²) in [6, 6.07) is 57.5. The molecule has 10 aromatic rings. The van der Waals surface area contributed by atoms with E-state index in [-0.39, 0.29) is 0 Å². The molecule has 234 valence electrons. The topological polar surface area (TPSA) is 48.5 Å². The minimum absolute atomic E-state index is 0.826. The molecular formula is C45H29N5. The van der Waals surface area contributed by atoms with Crippen molar-refractivity contribution in [3.05, 3.63) is 176 Å². The van der Waals surface area contributed by atoms with Crippen LogP contribution in [0.15, 0.2) is 176 Å². The summed E-state index contributed by atoms with van der Waals surface area (Å²) in [5.74, 6) is 0. The van der Waals surface area contributed by atoms with Crippen LogP contribution in [-0.4, -0.2) is 24.1 Å². The Labute approximate surface area is 288 Å². The van der Waals surface area contributed by atoms with Gasteiger partial charge in [0, 0.05) is 45.4 Å². The molecule has 0 aliphatic carbocycles. The number of pyridine rings is 3. The molecule has 10 rings (SSSR count). The third kappa shape index (κ3) is 4.45.